The van der Waals surface area contributed by atoms with Gasteiger partial charge in [0.05, 0.1) is 0 Å². The molecule has 7 nitrogen and oxygen atoms in total. The van der Waals surface area contributed by atoms with Crippen LogP contribution in [0.4, 0.5) is 4.79 Å². The Hall–Kier alpha value is -1.57. The summed E-state index contributed by atoms with van der Waals surface area (Å²) in [5, 5.41) is 11.1. The lowest BCUT2D eigenvalue weighted by atomic mass is 9.96. The van der Waals surface area contributed by atoms with E-state index < -0.39 is 0 Å². The lowest BCUT2D eigenvalue weighted by molar-refractivity contribution is 0.0899. The van der Waals surface area contributed by atoms with Crippen LogP contribution in [0.15, 0.2) is 9.64 Å². The molecule has 0 unspecified atom stereocenters. The average Bonchev–Trinajstić information content (AvgIpc) is 3.03. The number of nitrogens with one attached hydrogen (secondary N) is 1. The SMILES string of the molecule is CC(C)C(=O)c1nnc(SCCN(C)C(=O)NC2CCCCC2)o1. The number of amides is 2. The molecule has 0 spiro atoms. The van der Waals surface area contributed by atoms with Crippen LogP contribution in [-0.2, 0) is 0 Å². The fraction of sp³-hybridized carbons (Fsp3) is 0.750. The Labute approximate surface area is 146 Å². The molecule has 1 aromatic rings. The van der Waals surface area contributed by atoms with E-state index >= 15 is 0 Å². The lowest BCUT2D eigenvalue weighted by Gasteiger charge is -2.26. The van der Waals surface area contributed by atoms with Crippen LogP contribution >= 0.6 is 11.8 Å². The molecule has 0 aromatic carbocycles. The number of hydrogen-bond acceptors (Lipinski definition) is 6. The number of hydrogen-bond donors (Lipinski definition) is 1. The number of thioether (sulfide) groups is 1. The van der Waals surface area contributed by atoms with E-state index in [2.05, 4.69) is 15.5 Å². The first-order valence-corrected chi connectivity index (χ1v) is 9.48. The first-order chi connectivity index (χ1) is 11.5. The van der Waals surface area contributed by atoms with Gasteiger partial charge in [-0.1, -0.05) is 44.9 Å². The molecule has 0 aliphatic heterocycles. The molecule has 1 heterocycles. The molecule has 134 valence electrons. The fourth-order valence-electron chi connectivity index (χ4n) is 2.52. The normalized spacial score (nSPS) is 15.5. The Bertz CT molecular complexity index is 555. The van der Waals surface area contributed by atoms with E-state index in [0.29, 0.717) is 23.6 Å². The largest absolute Gasteiger partial charge is 0.408 e. The predicted molar refractivity (Wildman–Crippen MR) is 92.2 cm³/mol. The predicted octanol–water partition coefficient (Wildman–Crippen LogP) is 2.97. The molecule has 1 aliphatic rings. The van der Waals surface area contributed by atoms with Gasteiger partial charge in [-0.3, -0.25) is 4.79 Å². The number of ketones is 1. The van der Waals surface area contributed by atoms with Crippen LogP contribution in [0.2, 0.25) is 0 Å². The standard InChI is InChI=1S/C16H26N4O3S/c1-11(2)13(21)14-18-19-16(23-14)24-10-9-20(3)15(22)17-12-7-5-4-6-8-12/h11-12H,4-10H2,1-3H3,(H,17,22). The zero-order valence-corrected chi connectivity index (χ0v) is 15.4. The van der Waals surface area contributed by atoms with E-state index in [0.717, 1.165) is 12.8 Å². The number of Topliss-reactive ketones (excluding diaryl/α,β-unsaturated/α-hetero) is 1. The minimum absolute atomic E-state index is 0.0382. The summed E-state index contributed by atoms with van der Waals surface area (Å²) in [4.78, 5) is 25.5. The zero-order chi connectivity index (χ0) is 17.5. The van der Waals surface area contributed by atoms with Gasteiger partial charge in [0.25, 0.3) is 11.1 Å². The molecule has 2 rings (SSSR count). The van der Waals surface area contributed by atoms with Crippen LogP contribution in [-0.4, -0.2) is 52.3 Å². The van der Waals surface area contributed by atoms with Crippen LogP contribution < -0.4 is 5.32 Å². The molecular formula is C16H26N4O3S. The van der Waals surface area contributed by atoms with E-state index in [9.17, 15) is 9.59 Å². The second-order valence-corrected chi connectivity index (χ2v) is 7.49. The highest BCUT2D eigenvalue weighted by Crippen LogP contribution is 2.19. The first kappa shape index (κ1) is 18.8. The third-order valence-electron chi connectivity index (χ3n) is 4.07. The molecule has 1 aliphatic carbocycles. The molecule has 1 fully saturated rings. The van der Waals surface area contributed by atoms with Crippen molar-refractivity contribution < 1.29 is 14.0 Å². The van der Waals surface area contributed by atoms with Gasteiger partial charge in [-0.15, -0.1) is 10.2 Å². The topological polar surface area (TPSA) is 88.3 Å². The van der Waals surface area contributed by atoms with Crippen molar-refractivity contribution in [2.45, 2.75) is 57.2 Å². The van der Waals surface area contributed by atoms with Crippen LogP contribution in [0.3, 0.4) is 0 Å². The minimum Gasteiger partial charge on any atom is -0.408 e. The van der Waals surface area contributed by atoms with E-state index in [4.69, 9.17) is 4.42 Å². The summed E-state index contributed by atoms with van der Waals surface area (Å²) < 4.78 is 5.34. The third kappa shape index (κ3) is 5.51. The highest BCUT2D eigenvalue weighted by atomic mass is 32.2. The van der Waals surface area contributed by atoms with Gasteiger partial charge in [0.1, 0.15) is 0 Å². The molecule has 1 aromatic heterocycles. The first-order valence-electron chi connectivity index (χ1n) is 8.49. The Morgan fingerprint density at radius 3 is 2.67 bits per heavy atom. The summed E-state index contributed by atoms with van der Waals surface area (Å²) in [6, 6.07) is 0.269. The highest BCUT2D eigenvalue weighted by Gasteiger charge is 2.19. The smallest absolute Gasteiger partial charge is 0.317 e. The van der Waals surface area contributed by atoms with Crippen molar-refractivity contribution in [1.29, 1.82) is 0 Å². The van der Waals surface area contributed by atoms with Crippen molar-refractivity contribution in [3.8, 4) is 0 Å². The van der Waals surface area contributed by atoms with Crippen LogP contribution in [0.25, 0.3) is 0 Å². The lowest BCUT2D eigenvalue weighted by Crippen LogP contribution is -2.44. The summed E-state index contributed by atoms with van der Waals surface area (Å²) >= 11 is 1.35. The van der Waals surface area contributed by atoms with Gasteiger partial charge >= 0.3 is 6.03 Å². The number of carbonyl (C=O) groups excluding carboxylic acids is 2. The van der Waals surface area contributed by atoms with Crippen molar-refractivity contribution in [1.82, 2.24) is 20.4 Å². The quantitative estimate of drug-likeness (QED) is 0.598. The average molecular weight is 354 g/mol. The van der Waals surface area contributed by atoms with Crippen molar-refractivity contribution in [2.75, 3.05) is 19.3 Å². The third-order valence-corrected chi connectivity index (χ3v) is 4.87. The maximum absolute atomic E-state index is 12.1. The number of rotatable bonds is 7. The zero-order valence-electron chi connectivity index (χ0n) is 14.6. The molecule has 2 amide bonds. The van der Waals surface area contributed by atoms with E-state index in [-0.39, 0.29) is 23.6 Å². The van der Waals surface area contributed by atoms with E-state index in [1.54, 1.807) is 25.8 Å². The molecular weight excluding hydrogens is 328 g/mol. The summed E-state index contributed by atoms with van der Waals surface area (Å²) in [6.07, 6.45) is 5.80. The van der Waals surface area contributed by atoms with Crippen LogP contribution in [0.5, 0.6) is 0 Å². The van der Waals surface area contributed by atoms with Crippen LogP contribution in [0.1, 0.15) is 56.6 Å². The maximum atomic E-state index is 12.1. The molecule has 0 bridgehead atoms. The minimum atomic E-state index is -0.169. The van der Waals surface area contributed by atoms with Crippen molar-refractivity contribution >= 4 is 23.6 Å². The molecule has 0 saturated heterocycles. The number of carbonyl (C=O) groups is 2. The van der Waals surface area contributed by atoms with Crippen molar-refractivity contribution in [3.05, 3.63) is 5.89 Å². The van der Waals surface area contributed by atoms with Gasteiger partial charge in [-0.25, -0.2) is 4.79 Å². The number of nitrogens with zero attached hydrogens (tertiary/aromatic N) is 3. The van der Waals surface area contributed by atoms with Gasteiger partial charge in [0, 0.05) is 31.3 Å². The Morgan fingerprint density at radius 1 is 1.29 bits per heavy atom. The summed E-state index contributed by atoms with van der Waals surface area (Å²) in [5.41, 5.74) is 0. The van der Waals surface area contributed by atoms with Gasteiger partial charge in [0.15, 0.2) is 0 Å². The fourth-order valence-corrected chi connectivity index (χ4v) is 3.29. The van der Waals surface area contributed by atoms with Gasteiger partial charge < -0.3 is 14.6 Å². The summed E-state index contributed by atoms with van der Waals surface area (Å²) in [7, 11) is 1.78. The highest BCUT2D eigenvalue weighted by molar-refractivity contribution is 7.99. The molecule has 0 radical (unpaired) electrons. The van der Waals surface area contributed by atoms with Crippen LogP contribution in [0, 0.1) is 5.92 Å². The van der Waals surface area contributed by atoms with Gasteiger partial charge in [0.2, 0.25) is 5.78 Å². The Morgan fingerprint density at radius 2 is 2.00 bits per heavy atom. The molecule has 1 saturated carbocycles. The number of urea groups is 1. The second-order valence-electron chi connectivity index (χ2n) is 6.45. The van der Waals surface area contributed by atoms with E-state index in [1.807, 2.05) is 0 Å². The number of aromatic nitrogens is 2. The molecule has 24 heavy (non-hydrogen) atoms. The van der Waals surface area contributed by atoms with Crippen molar-refractivity contribution in [3.63, 3.8) is 0 Å². The Kier molecular flexibility index (Phi) is 7.08. The van der Waals surface area contributed by atoms with Gasteiger partial charge in [-0.2, -0.15) is 0 Å². The second kappa shape index (κ2) is 9.05. The monoisotopic (exact) mass is 354 g/mol. The van der Waals surface area contributed by atoms with Crippen molar-refractivity contribution in [2.24, 2.45) is 5.92 Å². The molecule has 0 atom stereocenters. The van der Waals surface area contributed by atoms with Gasteiger partial charge in [-0.05, 0) is 12.8 Å². The molecule has 8 heteroatoms. The summed E-state index contributed by atoms with van der Waals surface area (Å²) in [6.45, 7) is 4.15. The van der Waals surface area contributed by atoms with E-state index in [1.165, 1.54) is 31.0 Å². The molecule has 1 N–H and O–H groups in total. The Balaban J connectivity index is 1.71. The maximum Gasteiger partial charge on any atom is 0.317 e. The summed E-state index contributed by atoms with van der Waals surface area (Å²) in [5.74, 6) is 0.360.